The number of aliphatic carboxylic acids is 1. The lowest BCUT2D eigenvalue weighted by atomic mass is 10.2. The third kappa shape index (κ3) is 4.24. The number of carbonyl (C=O) groups is 1. The first-order valence-electron chi connectivity index (χ1n) is 5.03. The second-order valence-electron chi connectivity index (χ2n) is 3.92. The molecule has 9 heteroatoms. The normalized spacial score (nSPS) is 13.3. The summed E-state index contributed by atoms with van der Waals surface area (Å²) in [4.78, 5) is 16.4. The predicted molar refractivity (Wildman–Crippen MR) is 69.7 cm³/mol. The average Bonchev–Trinajstić information content (AvgIpc) is 2.72. The van der Waals surface area contributed by atoms with E-state index >= 15 is 0 Å². The highest BCUT2D eigenvalue weighted by Gasteiger charge is 2.19. The fourth-order valence-corrected chi connectivity index (χ4v) is 2.58. The molecule has 3 N–H and O–H groups in total. The first-order chi connectivity index (χ1) is 8.20. The molecule has 0 amide bonds. The van der Waals surface area contributed by atoms with Gasteiger partial charge in [0.05, 0.1) is 11.4 Å². The summed E-state index contributed by atoms with van der Waals surface area (Å²) >= 11 is 1.23. The van der Waals surface area contributed by atoms with E-state index in [1.165, 1.54) is 11.3 Å². The van der Waals surface area contributed by atoms with Crippen LogP contribution in [-0.4, -0.2) is 50.1 Å². The number of carboxylic acids is 1. The van der Waals surface area contributed by atoms with Gasteiger partial charge in [0.1, 0.15) is 15.9 Å². The number of hydrogen-bond acceptors (Lipinski definition) is 7. The molecule has 0 saturated carbocycles. The van der Waals surface area contributed by atoms with Gasteiger partial charge in [0.2, 0.25) is 0 Å². The molecule has 0 aromatic carbocycles. The summed E-state index contributed by atoms with van der Waals surface area (Å²) in [6.45, 7) is 0.300. The van der Waals surface area contributed by atoms with Crippen LogP contribution in [0.5, 0.6) is 0 Å². The molecule has 7 nitrogen and oxygen atoms in total. The number of nitrogens with zero attached hydrogens (tertiary/aromatic N) is 2. The average molecular weight is 293 g/mol. The van der Waals surface area contributed by atoms with Gasteiger partial charge in [-0.3, -0.25) is 4.79 Å². The monoisotopic (exact) mass is 293 g/mol. The van der Waals surface area contributed by atoms with E-state index in [1.54, 1.807) is 17.3 Å². The van der Waals surface area contributed by atoms with Crippen LogP contribution in [-0.2, 0) is 14.6 Å². The van der Waals surface area contributed by atoms with Crippen molar-refractivity contribution < 1.29 is 18.3 Å². The largest absolute Gasteiger partial charge is 0.480 e. The van der Waals surface area contributed by atoms with Crippen LogP contribution in [0.2, 0.25) is 0 Å². The van der Waals surface area contributed by atoms with Crippen molar-refractivity contribution in [2.75, 3.05) is 30.5 Å². The SMILES string of the molecule is CN(CCS(C)(=O)=O)c1nc(C(N)C(=O)O)cs1. The smallest absolute Gasteiger partial charge is 0.326 e. The summed E-state index contributed by atoms with van der Waals surface area (Å²) in [6.07, 6.45) is 1.16. The van der Waals surface area contributed by atoms with Crippen molar-refractivity contribution in [3.8, 4) is 0 Å². The molecular weight excluding hydrogens is 278 g/mol. The van der Waals surface area contributed by atoms with Crippen LogP contribution in [0.3, 0.4) is 0 Å². The Hall–Kier alpha value is -1.19. The van der Waals surface area contributed by atoms with Gasteiger partial charge in [-0.15, -0.1) is 11.3 Å². The van der Waals surface area contributed by atoms with Gasteiger partial charge in [0.25, 0.3) is 0 Å². The van der Waals surface area contributed by atoms with Gasteiger partial charge in [-0.25, -0.2) is 13.4 Å². The van der Waals surface area contributed by atoms with E-state index in [0.717, 1.165) is 6.26 Å². The molecule has 0 aliphatic heterocycles. The summed E-state index contributed by atoms with van der Waals surface area (Å²) in [5.41, 5.74) is 5.70. The second kappa shape index (κ2) is 5.63. The first kappa shape index (κ1) is 14.9. The topological polar surface area (TPSA) is 114 Å². The quantitative estimate of drug-likeness (QED) is 0.740. The van der Waals surface area contributed by atoms with E-state index < -0.39 is 21.8 Å². The van der Waals surface area contributed by atoms with Crippen LogP contribution in [0.1, 0.15) is 11.7 Å². The van der Waals surface area contributed by atoms with E-state index in [9.17, 15) is 13.2 Å². The van der Waals surface area contributed by atoms with Crippen molar-refractivity contribution in [3.05, 3.63) is 11.1 Å². The van der Waals surface area contributed by atoms with Gasteiger partial charge in [0.15, 0.2) is 5.13 Å². The highest BCUT2D eigenvalue weighted by molar-refractivity contribution is 7.90. The molecule has 1 aromatic heterocycles. The zero-order valence-corrected chi connectivity index (χ0v) is 11.7. The van der Waals surface area contributed by atoms with Crippen molar-refractivity contribution in [1.82, 2.24) is 4.98 Å². The lowest BCUT2D eigenvalue weighted by molar-refractivity contribution is -0.138. The molecule has 0 radical (unpaired) electrons. The van der Waals surface area contributed by atoms with Crippen molar-refractivity contribution in [1.29, 1.82) is 0 Å². The van der Waals surface area contributed by atoms with Crippen LogP contribution in [0.4, 0.5) is 5.13 Å². The Morgan fingerprint density at radius 3 is 2.78 bits per heavy atom. The number of anilines is 1. The maximum atomic E-state index is 11.0. The molecule has 0 aliphatic carbocycles. The summed E-state index contributed by atoms with van der Waals surface area (Å²) in [5, 5.41) is 10.8. The molecule has 1 heterocycles. The third-order valence-electron chi connectivity index (χ3n) is 2.22. The highest BCUT2D eigenvalue weighted by atomic mass is 32.2. The number of hydrogen-bond donors (Lipinski definition) is 2. The van der Waals surface area contributed by atoms with Crippen molar-refractivity contribution in [2.45, 2.75) is 6.04 Å². The van der Waals surface area contributed by atoms with Crippen molar-refractivity contribution in [3.63, 3.8) is 0 Å². The molecule has 0 fully saturated rings. The Labute approximate surface area is 109 Å². The maximum Gasteiger partial charge on any atom is 0.326 e. The van der Waals surface area contributed by atoms with Crippen LogP contribution >= 0.6 is 11.3 Å². The van der Waals surface area contributed by atoms with Gasteiger partial charge < -0.3 is 15.7 Å². The summed E-state index contributed by atoms with van der Waals surface area (Å²) in [5.74, 6) is -1.13. The van der Waals surface area contributed by atoms with Gasteiger partial charge in [-0.05, 0) is 0 Å². The van der Waals surface area contributed by atoms with Crippen molar-refractivity contribution >= 4 is 32.3 Å². The number of nitrogens with two attached hydrogens (primary N) is 1. The molecule has 0 bridgehead atoms. The lowest BCUT2D eigenvalue weighted by Crippen LogP contribution is -2.25. The van der Waals surface area contributed by atoms with E-state index in [-0.39, 0.29) is 11.4 Å². The lowest BCUT2D eigenvalue weighted by Gasteiger charge is -2.14. The molecule has 1 unspecified atom stereocenters. The predicted octanol–water partition coefficient (Wildman–Crippen LogP) is -0.292. The van der Waals surface area contributed by atoms with E-state index in [2.05, 4.69) is 4.98 Å². The van der Waals surface area contributed by atoms with Gasteiger partial charge >= 0.3 is 5.97 Å². The Morgan fingerprint density at radius 2 is 2.28 bits per heavy atom. The summed E-state index contributed by atoms with van der Waals surface area (Å²) < 4.78 is 22.1. The fraction of sp³-hybridized carbons (Fsp3) is 0.556. The molecule has 18 heavy (non-hydrogen) atoms. The van der Waals surface area contributed by atoms with Crippen LogP contribution in [0.15, 0.2) is 5.38 Å². The number of thiazole rings is 1. The Balaban J connectivity index is 2.71. The first-order valence-corrected chi connectivity index (χ1v) is 7.97. The molecule has 102 valence electrons. The van der Waals surface area contributed by atoms with Crippen LogP contribution in [0.25, 0.3) is 0 Å². The molecule has 0 saturated heterocycles. The minimum atomic E-state index is -3.03. The number of rotatable bonds is 6. The molecular formula is C9H15N3O4S2. The zero-order valence-electron chi connectivity index (χ0n) is 10.0. The molecule has 0 spiro atoms. The van der Waals surface area contributed by atoms with Gasteiger partial charge in [0, 0.05) is 25.2 Å². The van der Waals surface area contributed by atoms with Gasteiger partial charge in [-0.2, -0.15) is 0 Å². The standard InChI is InChI=1S/C9H15N3O4S2/c1-12(3-4-18(2,15)16)9-11-6(5-17-9)7(10)8(13)14/h5,7H,3-4,10H2,1-2H3,(H,13,14). The van der Waals surface area contributed by atoms with Crippen molar-refractivity contribution in [2.24, 2.45) is 5.73 Å². The maximum absolute atomic E-state index is 11.0. The Morgan fingerprint density at radius 1 is 1.67 bits per heavy atom. The zero-order chi connectivity index (χ0) is 13.9. The molecule has 1 rings (SSSR count). The second-order valence-corrected chi connectivity index (χ2v) is 7.02. The van der Waals surface area contributed by atoms with Gasteiger partial charge in [-0.1, -0.05) is 0 Å². The Bertz CT molecular complexity index is 526. The van der Waals surface area contributed by atoms with E-state index in [4.69, 9.17) is 10.8 Å². The number of carboxylic acid groups (broad SMARTS) is 1. The fourth-order valence-electron chi connectivity index (χ4n) is 1.12. The van der Waals surface area contributed by atoms with E-state index in [0.29, 0.717) is 11.7 Å². The molecule has 0 aliphatic rings. The van der Waals surface area contributed by atoms with Crippen LogP contribution in [0, 0.1) is 0 Å². The Kier molecular flexibility index (Phi) is 4.65. The number of aromatic nitrogens is 1. The number of sulfone groups is 1. The van der Waals surface area contributed by atoms with E-state index in [1.807, 2.05) is 0 Å². The molecule has 1 aromatic rings. The summed E-state index contributed by atoms with van der Waals surface area (Å²) in [6, 6.07) is -1.15. The van der Waals surface area contributed by atoms with Crippen LogP contribution < -0.4 is 10.6 Å². The minimum Gasteiger partial charge on any atom is -0.480 e. The third-order valence-corrected chi connectivity index (χ3v) is 4.12. The summed E-state index contributed by atoms with van der Waals surface area (Å²) in [7, 11) is -1.34. The molecule has 1 atom stereocenters. The minimum absolute atomic E-state index is 0.0173. The highest BCUT2D eigenvalue weighted by Crippen LogP contribution is 2.22.